The van der Waals surface area contributed by atoms with Crippen LogP contribution in [0.25, 0.3) is 22.0 Å². The van der Waals surface area contributed by atoms with Crippen LogP contribution >= 0.6 is 0 Å². The maximum absolute atomic E-state index is 13.4. The monoisotopic (exact) mass is 585 g/mol. The summed E-state index contributed by atoms with van der Waals surface area (Å²) >= 11 is 0. The number of fused-ring (bicyclic) bond motifs is 1. The fraction of sp³-hybridized carbons (Fsp3) is 0.400. The predicted molar refractivity (Wildman–Crippen MR) is 168 cm³/mol. The second kappa shape index (κ2) is 12.2. The van der Waals surface area contributed by atoms with E-state index in [9.17, 15) is 14.0 Å². The first-order chi connectivity index (χ1) is 20.4. The molecule has 1 N–H and O–H groups in total. The Morgan fingerprint density at radius 1 is 1.05 bits per heavy atom. The number of aryl methyl sites for hydroxylation is 2. The van der Waals surface area contributed by atoms with Crippen LogP contribution in [0.1, 0.15) is 63.1 Å². The van der Waals surface area contributed by atoms with E-state index in [-0.39, 0.29) is 41.9 Å². The van der Waals surface area contributed by atoms with Crippen molar-refractivity contribution < 1.29 is 18.7 Å². The van der Waals surface area contributed by atoms with Crippen molar-refractivity contribution in [1.29, 1.82) is 0 Å². The van der Waals surface area contributed by atoms with Gasteiger partial charge in [0.2, 0.25) is 0 Å². The Labute approximate surface area is 252 Å². The first kappa shape index (κ1) is 30.3. The van der Waals surface area contributed by atoms with Crippen LogP contribution in [-0.2, 0) is 22.6 Å². The molecular weight excluding hydrogens is 545 g/mol. The molecule has 0 unspecified atom stereocenters. The molecule has 4 aromatic rings. The van der Waals surface area contributed by atoms with Gasteiger partial charge in [0.15, 0.2) is 0 Å². The fourth-order valence-corrected chi connectivity index (χ4v) is 5.80. The van der Waals surface area contributed by atoms with E-state index in [1.165, 1.54) is 18.2 Å². The van der Waals surface area contributed by atoms with Crippen molar-refractivity contribution in [3.63, 3.8) is 0 Å². The SMILES string of the molecule is Cc1nc(C)c(-c2ccc3[nH]c(=O)cc(OCc4ccc(F)cc4)c3c2)c(N2CCC(C)(C)CC2)c1CC(=O)OC(C)C. The first-order valence-electron chi connectivity index (χ1n) is 14.9. The molecule has 0 aliphatic carbocycles. The number of esters is 1. The molecule has 1 fully saturated rings. The van der Waals surface area contributed by atoms with Crippen molar-refractivity contribution in [2.24, 2.45) is 5.41 Å². The molecule has 1 aliphatic rings. The number of carbonyl (C=O) groups excluding carboxylic acids is 1. The van der Waals surface area contributed by atoms with Gasteiger partial charge in [-0.1, -0.05) is 32.0 Å². The number of halogens is 1. The number of pyridine rings is 2. The Hall–Kier alpha value is -4.20. The lowest BCUT2D eigenvalue weighted by Crippen LogP contribution is -2.38. The molecule has 1 aliphatic heterocycles. The highest BCUT2D eigenvalue weighted by Gasteiger charge is 2.30. The lowest BCUT2D eigenvalue weighted by atomic mass is 9.82. The van der Waals surface area contributed by atoms with Crippen molar-refractivity contribution in [1.82, 2.24) is 9.97 Å². The van der Waals surface area contributed by atoms with Crippen molar-refractivity contribution in [2.45, 2.75) is 73.5 Å². The molecule has 0 bridgehead atoms. The van der Waals surface area contributed by atoms with Gasteiger partial charge in [-0.3, -0.25) is 14.6 Å². The summed E-state index contributed by atoms with van der Waals surface area (Å²) in [6.45, 7) is 14.2. The molecule has 2 aromatic heterocycles. The molecule has 43 heavy (non-hydrogen) atoms. The predicted octanol–water partition coefficient (Wildman–Crippen LogP) is 7.05. The van der Waals surface area contributed by atoms with Gasteiger partial charge in [0.25, 0.3) is 5.56 Å². The number of benzene rings is 2. The second-order valence-electron chi connectivity index (χ2n) is 12.5. The standard InChI is InChI=1S/C35H40FN3O4/c1-21(2)43-32(41)18-27-22(3)37-23(4)33(34(27)39-15-13-35(5,6)14-16-39)25-9-12-29-28(17-25)30(19-31(40)38-29)42-20-24-7-10-26(36)11-8-24/h7-12,17,19,21H,13-16,18,20H2,1-6H3,(H,38,40). The number of hydrogen-bond acceptors (Lipinski definition) is 6. The number of hydrogen-bond donors (Lipinski definition) is 1. The van der Waals surface area contributed by atoms with E-state index in [0.717, 1.165) is 70.6 Å². The number of aromatic amines is 1. The summed E-state index contributed by atoms with van der Waals surface area (Å²) in [6.07, 6.45) is 1.99. The number of aromatic nitrogens is 2. The molecule has 8 heteroatoms. The fourth-order valence-electron chi connectivity index (χ4n) is 5.80. The van der Waals surface area contributed by atoms with Gasteiger partial charge in [0, 0.05) is 47.1 Å². The molecule has 0 radical (unpaired) electrons. The van der Waals surface area contributed by atoms with Gasteiger partial charge in [-0.2, -0.15) is 0 Å². The lowest BCUT2D eigenvalue weighted by Gasteiger charge is -2.40. The number of nitrogens with one attached hydrogen (secondary N) is 1. The third-order valence-electron chi connectivity index (χ3n) is 8.18. The van der Waals surface area contributed by atoms with Crippen molar-refractivity contribution in [2.75, 3.05) is 18.0 Å². The molecule has 5 rings (SSSR count). The number of carbonyl (C=O) groups is 1. The molecule has 0 saturated carbocycles. The molecule has 0 spiro atoms. The highest BCUT2D eigenvalue weighted by atomic mass is 19.1. The number of piperidine rings is 1. The Kier molecular flexibility index (Phi) is 8.58. The van der Waals surface area contributed by atoms with E-state index in [1.807, 2.05) is 45.9 Å². The van der Waals surface area contributed by atoms with Gasteiger partial charge in [-0.25, -0.2) is 4.39 Å². The zero-order chi connectivity index (χ0) is 30.9. The van der Waals surface area contributed by atoms with Gasteiger partial charge in [-0.05, 0) is 81.3 Å². The topological polar surface area (TPSA) is 84.5 Å². The van der Waals surface area contributed by atoms with Gasteiger partial charge in [0.1, 0.15) is 18.2 Å². The van der Waals surface area contributed by atoms with E-state index in [4.69, 9.17) is 14.5 Å². The Morgan fingerprint density at radius 3 is 2.42 bits per heavy atom. The van der Waals surface area contributed by atoms with Crippen LogP contribution in [0.3, 0.4) is 0 Å². The molecule has 226 valence electrons. The highest BCUT2D eigenvalue weighted by molar-refractivity contribution is 5.93. The number of nitrogens with zero attached hydrogens (tertiary/aromatic N) is 2. The molecule has 1 saturated heterocycles. The highest BCUT2D eigenvalue weighted by Crippen LogP contribution is 2.42. The Balaban J connectivity index is 1.63. The van der Waals surface area contributed by atoms with E-state index >= 15 is 0 Å². The maximum Gasteiger partial charge on any atom is 0.310 e. The second-order valence-corrected chi connectivity index (χ2v) is 12.5. The minimum Gasteiger partial charge on any atom is -0.488 e. The van der Waals surface area contributed by atoms with Gasteiger partial charge >= 0.3 is 5.97 Å². The van der Waals surface area contributed by atoms with Gasteiger partial charge < -0.3 is 19.4 Å². The quantitative estimate of drug-likeness (QED) is 0.223. The summed E-state index contributed by atoms with van der Waals surface area (Å²) in [5, 5.41) is 0.741. The van der Waals surface area contributed by atoms with Crippen LogP contribution in [-0.4, -0.2) is 35.1 Å². The summed E-state index contributed by atoms with van der Waals surface area (Å²) in [5.41, 5.74) is 6.83. The third-order valence-corrected chi connectivity index (χ3v) is 8.18. The summed E-state index contributed by atoms with van der Waals surface area (Å²) in [5.74, 6) is -0.160. The zero-order valence-electron chi connectivity index (χ0n) is 25.8. The van der Waals surface area contributed by atoms with Gasteiger partial charge in [-0.15, -0.1) is 0 Å². The van der Waals surface area contributed by atoms with Gasteiger partial charge in [0.05, 0.1) is 23.7 Å². The smallest absolute Gasteiger partial charge is 0.310 e. The third kappa shape index (κ3) is 6.90. The average Bonchev–Trinajstić information content (AvgIpc) is 2.93. The molecule has 2 aromatic carbocycles. The van der Waals surface area contributed by atoms with Crippen LogP contribution in [0.2, 0.25) is 0 Å². The van der Waals surface area contributed by atoms with E-state index in [2.05, 4.69) is 23.7 Å². The minimum absolute atomic E-state index is 0.131. The number of ether oxygens (including phenoxy) is 2. The summed E-state index contributed by atoms with van der Waals surface area (Å²) in [6, 6.07) is 13.4. The molecule has 0 amide bonds. The van der Waals surface area contributed by atoms with Crippen LogP contribution in [0.15, 0.2) is 53.3 Å². The van der Waals surface area contributed by atoms with Crippen LogP contribution in [0.5, 0.6) is 5.75 Å². The van der Waals surface area contributed by atoms with Crippen molar-refractivity contribution in [3.8, 4) is 16.9 Å². The summed E-state index contributed by atoms with van der Waals surface area (Å²) in [4.78, 5) is 35.7. The minimum atomic E-state index is -0.318. The summed E-state index contributed by atoms with van der Waals surface area (Å²) < 4.78 is 25.1. The first-order valence-corrected chi connectivity index (χ1v) is 14.9. The van der Waals surface area contributed by atoms with Crippen LogP contribution in [0, 0.1) is 25.1 Å². The van der Waals surface area contributed by atoms with E-state index in [0.29, 0.717) is 11.3 Å². The average molecular weight is 586 g/mol. The van der Waals surface area contributed by atoms with E-state index < -0.39 is 0 Å². The number of H-pyrrole nitrogens is 1. The molecule has 7 nitrogen and oxygen atoms in total. The van der Waals surface area contributed by atoms with Crippen LogP contribution < -0.4 is 15.2 Å². The van der Waals surface area contributed by atoms with Crippen LogP contribution in [0.4, 0.5) is 10.1 Å². The lowest BCUT2D eigenvalue weighted by molar-refractivity contribution is -0.146. The zero-order valence-corrected chi connectivity index (χ0v) is 25.8. The Bertz CT molecular complexity index is 1700. The number of rotatable bonds is 8. The Morgan fingerprint density at radius 2 is 1.74 bits per heavy atom. The normalized spacial score (nSPS) is 14.7. The van der Waals surface area contributed by atoms with Crippen molar-refractivity contribution >= 4 is 22.6 Å². The largest absolute Gasteiger partial charge is 0.488 e. The van der Waals surface area contributed by atoms with E-state index in [1.54, 1.807) is 12.1 Å². The number of anilines is 1. The maximum atomic E-state index is 13.4. The molecule has 0 atom stereocenters. The molecular formula is C35H40FN3O4. The summed E-state index contributed by atoms with van der Waals surface area (Å²) in [7, 11) is 0. The molecule has 3 heterocycles. The van der Waals surface area contributed by atoms with Crippen molar-refractivity contribution in [3.05, 3.63) is 87.2 Å².